The fraction of sp³-hybridized carbons (Fsp3) is 0.333. The monoisotopic (exact) mass is 437 g/mol. The number of carbonyl (C=O) groups excluding carboxylic acids is 1. The first-order valence-electron chi connectivity index (χ1n) is 10.4. The van der Waals surface area contributed by atoms with E-state index in [0.29, 0.717) is 16.8 Å². The Hall–Kier alpha value is -3.86. The Balaban J connectivity index is 1.42. The van der Waals surface area contributed by atoms with E-state index >= 15 is 0 Å². The first-order chi connectivity index (χ1) is 15.4. The second-order valence-electron chi connectivity index (χ2n) is 8.08. The molecule has 2 aromatic heterocycles. The van der Waals surface area contributed by atoms with Gasteiger partial charge in [0.1, 0.15) is 0 Å². The van der Waals surface area contributed by atoms with Crippen molar-refractivity contribution in [1.29, 1.82) is 0 Å². The van der Waals surface area contributed by atoms with E-state index in [-0.39, 0.29) is 24.8 Å². The maximum Gasteiger partial charge on any atom is 0.432 e. The van der Waals surface area contributed by atoms with Crippen LogP contribution in [0.5, 0.6) is 0 Å². The lowest BCUT2D eigenvalue weighted by molar-refractivity contribution is 0.0747. The van der Waals surface area contributed by atoms with Gasteiger partial charge in [-0.15, -0.1) is 5.10 Å². The quantitative estimate of drug-likeness (QED) is 0.622. The number of rotatable bonds is 3. The van der Waals surface area contributed by atoms with Gasteiger partial charge in [-0.3, -0.25) is 4.79 Å². The zero-order valence-electron chi connectivity index (χ0n) is 17.6. The van der Waals surface area contributed by atoms with E-state index in [4.69, 9.17) is 0 Å². The van der Waals surface area contributed by atoms with Gasteiger partial charge in [0.2, 0.25) is 0 Å². The number of aromatic nitrogens is 4. The van der Waals surface area contributed by atoms with Gasteiger partial charge in [-0.05, 0) is 25.2 Å². The molecule has 3 aromatic rings. The largest absolute Gasteiger partial charge is 0.463 e. The van der Waals surface area contributed by atoms with Gasteiger partial charge in [-0.25, -0.2) is 14.2 Å². The van der Waals surface area contributed by atoms with Gasteiger partial charge < -0.3 is 24.8 Å². The average Bonchev–Trinajstić information content (AvgIpc) is 3.48. The zero-order chi connectivity index (χ0) is 22.4. The number of piperazine rings is 1. The van der Waals surface area contributed by atoms with Crippen molar-refractivity contribution in [2.75, 3.05) is 38.1 Å². The minimum absolute atomic E-state index is 0.103. The highest BCUT2D eigenvalue weighted by Gasteiger charge is 2.34. The van der Waals surface area contributed by atoms with Gasteiger partial charge in [0, 0.05) is 55.4 Å². The zero-order valence-corrected chi connectivity index (χ0v) is 17.6. The van der Waals surface area contributed by atoms with Gasteiger partial charge >= 0.3 is 11.8 Å². The maximum absolute atomic E-state index is 13.3. The summed E-state index contributed by atoms with van der Waals surface area (Å²) in [6.07, 6.45) is 1.68. The molecule has 0 spiro atoms. The van der Waals surface area contributed by atoms with Crippen molar-refractivity contribution in [2.24, 2.45) is 0 Å². The number of hydrogen-bond acceptors (Lipinski definition) is 6. The smallest absolute Gasteiger partial charge is 0.432 e. The number of likely N-dealkylation sites (N-methyl/N-ethyl adjacent to an activating group) is 1. The average molecular weight is 437 g/mol. The molecule has 0 saturated carbocycles. The predicted molar refractivity (Wildman–Crippen MR) is 115 cm³/mol. The molecular weight excluding hydrogens is 414 g/mol. The highest BCUT2D eigenvalue weighted by Crippen LogP contribution is 2.29. The minimum Gasteiger partial charge on any atom is -0.463 e. The second-order valence-corrected chi connectivity index (χ2v) is 8.08. The summed E-state index contributed by atoms with van der Waals surface area (Å²) in [4.78, 5) is 45.7. The van der Waals surface area contributed by atoms with Crippen molar-refractivity contribution in [3.63, 3.8) is 0 Å². The summed E-state index contributed by atoms with van der Waals surface area (Å²) in [5.41, 5.74) is 2.06. The molecule has 1 aromatic carbocycles. The van der Waals surface area contributed by atoms with Crippen LogP contribution in [0.2, 0.25) is 0 Å². The number of fused-ring (bicyclic) bond motifs is 1. The van der Waals surface area contributed by atoms with Crippen LogP contribution >= 0.6 is 0 Å². The van der Waals surface area contributed by atoms with Crippen LogP contribution < -0.4 is 10.6 Å². The predicted octanol–water partition coefficient (Wildman–Crippen LogP) is 0.796. The number of nitrogens with zero attached hydrogens (tertiary/aromatic N) is 6. The fourth-order valence-electron chi connectivity index (χ4n) is 4.29. The first-order valence-corrected chi connectivity index (χ1v) is 10.4. The molecule has 2 aliphatic rings. The fourth-order valence-corrected chi connectivity index (χ4v) is 4.29. The van der Waals surface area contributed by atoms with Crippen molar-refractivity contribution >= 4 is 17.7 Å². The van der Waals surface area contributed by atoms with Crippen molar-refractivity contribution in [3.05, 3.63) is 64.0 Å². The van der Waals surface area contributed by atoms with Gasteiger partial charge in [0.25, 0.3) is 5.91 Å². The number of imidazole rings is 1. The number of aromatic amines is 1. The van der Waals surface area contributed by atoms with E-state index in [2.05, 4.69) is 26.9 Å². The van der Waals surface area contributed by atoms with E-state index in [9.17, 15) is 19.5 Å². The number of carbonyl (C=O) groups is 2. The molecule has 11 nitrogen and oxygen atoms in total. The van der Waals surface area contributed by atoms with E-state index < -0.39 is 11.8 Å². The Labute approximate surface area is 183 Å². The molecule has 1 saturated heterocycles. The minimum atomic E-state index is -1.26. The molecule has 0 bridgehead atoms. The van der Waals surface area contributed by atoms with Crippen LogP contribution in [0.15, 0.2) is 41.5 Å². The molecule has 0 aliphatic carbocycles. The van der Waals surface area contributed by atoms with Crippen molar-refractivity contribution in [1.82, 2.24) is 29.1 Å². The Bertz CT molecular complexity index is 1250. The third-order valence-corrected chi connectivity index (χ3v) is 6.07. The standard InChI is InChI=1S/C21H23N7O4/c1-24-7-9-25(10-8-24)15-4-2-3-14(11-15)19(29)26-12-16-17(13-26)28(21(31)32)23-18(16)27-6-5-22-20(27)30/h2-6,11H,7-10,12-13H2,1H3,(H,22,30)(H,31,32). The van der Waals surface area contributed by atoms with Crippen LogP contribution in [-0.4, -0.2) is 79.5 Å². The van der Waals surface area contributed by atoms with Crippen LogP contribution in [0.4, 0.5) is 10.5 Å². The van der Waals surface area contributed by atoms with Crippen molar-refractivity contribution in [3.8, 4) is 5.82 Å². The van der Waals surface area contributed by atoms with Crippen LogP contribution in [0.3, 0.4) is 0 Å². The number of H-pyrrole nitrogens is 1. The van der Waals surface area contributed by atoms with Crippen LogP contribution in [0, 0.1) is 0 Å². The van der Waals surface area contributed by atoms with E-state index in [1.54, 1.807) is 11.0 Å². The van der Waals surface area contributed by atoms with Gasteiger partial charge in [-0.1, -0.05) is 6.07 Å². The Morgan fingerprint density at radius 2 is 1.91 bits per heavy atom. The number of hydrogen-bond donors (Lipinski definition) is 2. The molecule has 1 amide bonds. The Kier molecular flexibility index (Phi) is 4.82. The van der Waals surface area contributed by atoms with E-state index in [0.717, 1.165) is 36.5 Å². The Morgan fingerprint density at radius 1 is 1.12 bits per heavy atom. The molecule has 0 radical (unpaired) electrons. The van der Waals surface area contributed by atoms with Crippen molar-refractivity contribution < 1.29 is 14.7 Å². The highest BCUT2D eigenvalue weighted by atomic mass is 16.4. The third kappa shape index (κ3) is 3.36. The summed E-state index contributed by atoms with van der Waals surface area (Å²) >= 11 is 0. The lowest BCUT2D eigenvalue weighted by Gasteiger charge is -2.34. The molecular formula is C21H23N7O4. The van der Waals surface area contributed by atoms with E-state index in [1.165, 1.54) is 17.0 Å². The first kappa shape index (κ1) is 20.1. The number of carboxylic acid groups (broad SMARTS) is 1. The molecule has 2 aliphatic heterocycles. The highest BCUT2D eigenvalue weighted by molar-refractivity contribution is 5.95. The number of anilines is 1. The molecule has 32 heavy (non-hydrogen) atoms. The van der Waals surface area contributed by atoms with Crippen molar-refractivity contribution in [2.45, 2.75) is 13.1 Å². The third-order valence-electron chi connectivity index (χ3n) is 6.07. The topological polar surface area (TPSA) is 120 Å². The second kappa shape index (κ2) is 7.68. The maximum atomic E-state index is 13.3. The van der Waals surface area contributed by atoms with Crippen LogP contribution in [0.25, 0.3) is 5.82 Å². The van der Waals surface area contributed by atoms with Gasteiger partial charge in [0.05, 0.1) is 18.8 Å². The lowest BCUT2D eigenvalue weighted by atomic mass is 10.1. The molecule has 5 rings (SSSR count). The summed E-state index contributed by atoms with van der Waals surface area (Å²) in [6, 6.07) is 7.52. The molecule has 2 N–H and O–H groups in total. The molecule has 1 fully saturated rings. The SMILES string of the molecule is CN1CCN(c2cccc(C(=O)N3Cc4c(-n5cc[nH]c5=O)nn(C(=O)O)c4C3)c2)CC1. The van der Waals surface area contributed by atoms with Crippen LogP contribution in [-0.2, 0) is 13.1 Å². The molecule has 0 atom stereocenters. The molecule has 166 valence electrons. The summed E-state index contributed by atoms with van der Waals surface area (Å²) < 4.78 is 2.10. The van der Waals surface area contributed by atoms with E-state index in [1.807, 2.05) is 18.2 Å². The number of nitrogens with one attached hydrogen (secondary N) is 1. The molecule has 11 heteroatoms. The van der Waals surface area contributed by atoms with Crippen LogP contribution in [0.1, 0.15) is 21.6 Å². The number of amides is 1. The molecule has 4 heterocycles. The van der Waals surface area contributed by atoms with Gasteiger partial charge in [0.15, 0.2) is 5.82 Å². The number of benzene rings is 1. The lowest BCUT2D eigenvalue weighted by Crippen LogP contribution is -2.44. The summed E-state index contributed by atoms with van der Waals surface area (Å²) in [5.74, 6) is 0.0246. The molecule has 0 unspecified atom stereocenters. The van der Waals surface area contributed by atoms with Gasteiger partial charge in [-0.2, -0.15) is 4.68 Å². The normalized spacial score (nSPS) is 16.4. The Morgan fingerprint density at radius 3 is 2.59 bits per heavy atom. The summed E-state index contributed by atoms with van der Waals surface area (Å²) in [6.45, 7) is 4.00. The summed E-state index contributed by atoms with van der Waals surface area (Å²) in [5, 5.41) is 13.7. The summed E-state index contributed by atoms with van der Waals surface area (Å²) in [7, 11) is 2.09.